The maximum Gasteiger partial charge on any atom is 0.0661 e. The summed E-state index contributed by atoms with van der Waals surface area (Å²) in [5.74, 6) is 0.789. The first-order chi connectivity index (χ1) is 8.08. The zero-order valence-electron chi connectivity index (χ0n) is 12.0. The Kier molecular flexibility index (Phi) is 4.14. The molecule has 1 spiro atoms. The predicted octanol–water partition coefficient (Wildman–Crippen LogP) is 3.36. The molecule has 2 fully saturated rings. The fourth-order valence-corrected chi connectivity index (χ4v) is 3.79. The number of ether oxygens (including phenoxy) is 1. The Bertz CT molecular complexity index is 247. The van der Waals surface area contributed by atoms with Gasteiger partial charge >= 0.3 is 0 Å². The first kappa shape index (κ1) is 13.4. The molecule has 2 heteroatoms. The van der Waals surface area contributed by atoms with Crippen molar-refractivity contribution in [2.75, 3.05) is 6.61 Å². The molecule has 2 saturated carbocycles. The predicted molar refractivity (Wildman–Crippen MR) is 72.2 cm³/mol. The standard InChI is InChI=1S/C15H29NO/c1-5-17-14-10-13(15(14)7-6-8-15)16-12(4)9-11(2)3/h11-14,16H,5-10H2,1-4H3. The lowest BCUT2D eigenvalue weighted by molar-refractivity contribution is -0.174. The molecular formula is C15H29NO. The van der Waals surface area contributed by atoms with Crippen LogP contribution in [0.2, 0.25) is 0 Å². The fourth-order valence-electron chi connectivity index (χ4n) is 3.79. The van der Waals surface area contributed by atoms with Crippen LogP contribution in [0, 0.1) is 11.3 Å². The SMILES string of the molecule is CCOC1CC(NC(C)CC(C)C)C12CCC2. The average molecular weight is 239 g/mol. The van der Waals surface area contributed by atoms with E-state index in [2.05, 4.69) is 33.0 Å². The van der Waals surface area contributed by atoms with Crippen LogP contribution < -0.4 is 5.32 Å². The minimum atomic E-state index is 0.515. The van der Waals surface area contributed by atoms with Crippen molar-refractivity contribution in [2.24, 2.45) is 11.3 Å². The Labute approximate surface area is 107 Å². The second-order valence-corrected chi connectivity index (χ2v) is 6.52. The van der Waals surface area contributed by atoms with Crippen molar-refractivity contribution in [3.8, 4) is 0 Å². The number of hydrogen-bond acceptors (Lipinski definition) is 2. The molecule has 0 amide bonds. The van der Waals surface area contributed by atoms with Gasteiger partial charge < -0.3 is 10.1 Å². The molecular weight excluding hydrogens is 210 g/mol. The van der Waals surface area contributed by atoms with Crippen LogP contribution in [0.25, 0.3) is 0 Å². The minimum Gasteiger partial charge on any atom is -0.378 e. The molecule has 0 heterocycles. The molecule has 3 atom stereocenters. The van der Waals surface area contributed by atoms with Gasteiger partial charge in [0.1, 0.15) is 0 Å². The second-order valence-electron chi connectivity index (χ2n) is 6.52. The summed E-state index contributed by atoms with van der Waals surface area (Å²) in [5.41, 5.74) is 0.515. The number of nitrogens with one attached hydrogen (secondary N) is 1. The lowest BCUT2D eigenvalue weighted by Crippen LogP contribution is -2.68. The van der Waals surface area contributed by atoms with Gasteiger partial charge in [0.15, 0.2) is 0 Å². The van der Waals surface area contributed by atoms with Crippen LogP contribution in [0.5, 0.6) is 0 Å². The van der Waals surface area contributed by atoms with Crippen LogP contribution >= 0.6 is 0 Å². The lowest BCUT2D eigenvalue weighted by Gasteiger charge is -2.61. The van der Waals surface area contributed by atoms with Crippen molar-refractivity contribution >= 4 is 0 Å². The molecule has 0 saturated heterocycles. The summed E-state index contributed by atoms with van der Waals surface area (Å²) in [7, 11) is 0. The third-order valence-electron chi connectivity index (χ3n) is 4.75. The van der Waals surface area contributed by atoms with E-state index in [9.17, 15) is 0 Å². The summed E-state index contributed by atoms with van der Waals surface area (Å²) in [5, 5.41) is 3.85. The molecule has 0 bridgehead atoms. The zero-order chi connectivity index (χ0) is 12.5. The fraction of sp³-hybridized carbons (Fsp3) is 1.00. The van der Waals surface area contributed by atoms with Crippen molar-refractivity contribution in [1.29, 1.82) is 0 Å². The van der Waals surface area contributed by atoms with Crippen LogP contribution in [0.1, 0.15) is 59.8 Å². The molecule has 2 aliphatic carbocycles. The van der Waals surface area contributed by atoms with Gasteiger partial charge in [-0.3, -0.25) is 0 Å². The van der Waals surface area contributed by atoms with E-state index in [4.69, 9.17) is 4.74 Å². The van der Waals surface area contributed by atoms with Crippen molar-refractivity contribution < 1.29 is 4.74 Å². The highest BCUT2D eigenvalue weighted by atomic mass is 16.5. The van der Waals surface area contributed by atoms with E-state index in [0.29, 0.717) is 17.6 Å². The monoisotopic (exact) mass is 239 g/mol. The van der Waals surface area contributed by atoms with Gasteiger partial charge in [-0.25, -0.2) is 0 Å². The molecule has 0 radical (unpaired) electrons. The molecule has 2 nitrogen and oxygen atoms in total. The Hall–Kier alpha value is -0.0800. The molecule has 3 unspecified atom stereocenters. The van der Waals surface area contributed by atoms with Crippen molar-refractivity contribution in [3.63, 3.8) is 0 Å². The molecule has 0 aromatic carbocycles. The van der Waals surface area contributed by atoms with E-state index in [1.54, 1.807) is 0 Å². The Morgan fingerprint density at radius 2 is 2.00 bits per heavy atom. The van der Waals surface area contributed by atoms with E-state index in [1.807, 2.05) is 0 Å². The minimum absolute atomic E-state index is 0.515. The van der Waals surface area contributed by atoms with E-state index in [-0.39, 0.29) is 0 Å². The summed E-state index contributed by atoms with van der Waals surface area (Å²) < 4.78 is 5.89. The number of hydrogen-bond donors (Lipinski definition) is 1. The third-order valence-corrected chi connectivity index (χ3v) is 4.75. The molecule has 0 aliphatic heterocycles. The molecule has 1 N–H and O–H groups in total. The van der Waals surface area contributed by atoms with Gasteiger partial charge in [0.2, 0.25) is 0 Å². The maximum absolute atomic E-state index is 5.89. The Morgan fingerprint density at radius 1 is 1.29 bits per heavy atom. The highest BCUT2D eigenvalue weighted by molar-refractivity contribution is 5.12. The van der Waals surface area contributed by atoms with E-state index >= 15 is 0 Å². The summed E-state index contributed by atoms with van der Waals surface area (Å²) in [6, 6.07) is 1.38. The first-order valence-corrected chi connectivity index (χ1v) is 7.46. The van der Waals surface area contributed by atoms with Gasteiger partial charge in [0.25, 0.3) is 0 Å². The van der Waals surface area contributed by atoms with Crippen LogP contribution in [-0.4, -0.2) is 24.8 Å². The molecule has 2 aliphatic rings. The van der Waals surface area contributed by atoms with Crippen molar-refractivity contribution in [1.82, 2.24) is 5.32 Å². The van der Waals surface area contributed by atoms with Gasteiger partial charge in [0.05, 0.1) is 6.10 Å². The zero-order valence-corrected chi connectivity index (χ0v) is 12.0. The first-order valence-electron chi connectivity index (χ1n) is 7.46. The summed E-state index contributed by atoms with van der Waals surface area (Å²) in [6.45, 7) is 9.94. The molecule has 0 aromatic rings. The quantitative estimate of drug-likeness (QED) is 0.767. The summed E-state index contributed by atoms with van der Waals surface area (Å²) in [6.07, 6.45) is 7.22. The second kappa shape index (κ2) is 5.27. The van der Waals surface area contributed by atoms with Gasteiger partial charge in [-0.15, -0.1) is 0 Å². The van der Waals surface area contributed by atoms with E-state index in [0.717, 1.165) is 18.6 Å². The van der Waals surface area contributed by atoms with Gasteiger partial charge in [-0.1, -0.05) is 20.3 Å². The highest BCUT2D eigenvalue weighted by Gasteiger charge is 2.58. The van der Waals surface area contributed by atoms with Crippen molar-refractivity contribution in [3.05, 3.63) is 0 Å². The molecule has 100 valence electrons. The highest BCUT2D eigenvalue weighted by Crippen LogP contribution is 2.57. The van der Waals surface area contributed by atoms with Gasteiger partial charge in [-0.2, -0.15) is 0 Å². The van der Waals surface area contributed by atoms with Gasteiger partial charge in [0, 0.05) is 24.1 Å². The van der Waals surface area contributed by atoms with Crippen LogP contribution in [0.3, 0.4) is 0 Å². The van der Waals surface area contributed by atoms with E-state index < -0.39 is 0 Å². The molecule has 0 aromatic heterocycles. The third kappa shape index (κ3) is 2.53. The summed E-state index contributed by atoms with van der Waals surface area (Å²) in [4.78, 5) is 0. The van der Waals surface area contributed by atoms with E-state index in [1.165, 1.54) is 32.1 Å². The molecule has 2 rings (SSSR count). The Balaban J connectivity index is 1.83. The van der Waals surface area contributed by atoms with Crippen LogP contribution in [0.15, 0.2) is 0 Å². The lowest BCUT2D eigenvalue weighted by atomic mass is 9.51. The van der Waals surface area contributed by atoms with Crippen LogP contribution in [0.4, 0.5) is 0 Å². The normalized spacial score (nSPS) is 32.3. The average Bonchev–Trinajstić information content (AvgIpc) is 2.11. The topological polar surface area (TPSA) is 21.3 Å². The molecule has 17 heavy (non-hydrogen) atoms. The smallest absolute Gasteiger partial charge is 0.0661 e. The van der Waals surface area contributed by atoms with Crippen molar-refractivity contribution in [2.45, 2.75) is 78.0 Å². The van der Waals surface area contributed by atoms with Crippen LogP contribution in [-0.2, 0) is 4.74 Å². The summed E-state index contributed by atoms with van der Waals surface area (Å²) >= 11 is 0. The maximum atomic E-state index is 5.89. The van der Waals surface area contributed by atoms with Gasteiger partial charge in [-0.05, 0) is 45.4 Å². The largest absolute Gasteiger partial charge is 0.378 e. The number of rotatable bonds is 6. The Morgan fingerprint density at radius 3 is 2.47 bits per heavy atom.